The van der Waals surface area contributed by atoms with Gasteiger partial charge in [-0.25, -0.2) is 0 Å². The Labute approximate surface area is 85.5 Å². The van der Waals surface area contributed by atoms with Gasteiger partial charge in [-0.15, -0.1) is 0 Å². The number of aliphatic hydroxyl groups is 1. The summed E-state index contributed by atoms with van der Waals surface area (Å²) >= 11 is 2.14. The molecule has 1 rings (SSSR count). The van der Waals surface area contributed by atoms with E-state index in [2.05, 4.69) is 22.6 Å². The van der Waals surface area contributed by atoms with Crippen LogP contribution in [0.25, 0.3) is 0 Å². The first-order chi connectivity index (χ1) is 5.57. The molecule has 0 saturated carbocycles. The lowest BCUT2D eigenvalue weighted by Crippen LogP contribution is -2.58. The fourth-order valence-electron chi connectivity index (χ4n) is 1.24. The Hall–Kier alpha value is 0.570. The second kappa shape index (κ2) is 4.19. The van der Waals surface area contributed by atoms with E-state index in [1.54, 1.807) is 14.0 Å². The van der Waals surface area contributed by atoms with Crippen molar-refractivity contribution in [2.45, 2.75) is 35.4 Å². The van der Waals surface area contributed by atoms with Gasteiger partial charge < -0.3 is 20.3 Å². The number of alkyl halides is 1. The van der Waals surface area contributed by atoms with E-state index < -0.39 is 6.10 Å². The Morgan fingerprint density at radius 2 is 2.17 bits per heavy atom. The van der Waals surface area contributed by atoms with E-state index in [-0.39, 0.29) is 22.4 Å². The zero-order valence-corrected chi connectivity index (χ0v) is 9.26. The number of hydrogen-bond acceptors (Lipinski definition) is 4. The van der Waals surface area contributed by atoms with Crippen LogP contribution in [0, 0.1) is 0 Å². The van der Waals surface area contributed by atoms with Gasteiger partial charge in [0.05, 0.1) is 16.1 Å². The van der Waals surface area contributed by atoms with Gasteiger partial charge in [0.2, 0.25) is 0 Å². The van der Waals surface area contributed by atoms with Crippen LogP contribution in [0.5, 0.6) is 0 Å². The first kappa shape index (κ1) is 10.6. The van der Waals surface area contributed by atoms with Crippen molar-refractivity contribution in [3.63, 3.8) is 0 Å². The van der Waals surface area contributed by atoms with Crippen LogP contribution in [0.1, 0.15) is 6.92 Å². The predicted octanol–water partition coefficient (Wildman–Crippen LogP) is -0.131. The number of nitrogens with two attached hydrogens (primary N) is 1. The van der Waals surface area contributed by atoms with Crippen LogP contribution >= 0.6 is 22.6 Å². The third-order valence-electron chi connectivity index (χ3n) is 2.08. The SMILES string of the molecule is CO[C@@H]1O[C@@H](C)[C@H](O)[C@H](N)[C@H]1I. The van der Waals surface area contributed by atoms with Gasteiger partial charge in [-0.05, 0) is 6.92 Å². The Morgan fingerprint density at radius 1 is 1.58 bits per heavy atom. The molecule has 0 aromatic heterocycles. The average molecular weight is 287 g/mol. The normalized spacial score (nSPS) is 49.2. The molecule has 1 saturated heterocycles. The van der Waals surface area contributed by atoms with Crippen molar-refractivity contribution in [2.24, 2.45) is 5.73 Å². The van der Waals surface area contributed by atoms with Gasteiger partial charge in [-0.2, -0.15) is 0 Å². The van der Waals surface area contributed by atoms with Crippen LogP contribution in [0.3, 0.4) is 0 Å². The molecule has 5 heteroatoms. The Balaban J connectivity index is 2.63. The molecular weight excluding hydrogens is 273 g/mol. The quantitative estimate of drug-likeness (QED) is 0.521. The predicted molar refractivity (Wildman–Crippen MR) is 53.1 cm³/mol. The summed E-state index contributed by atoms with van der Waals surface area (Å²) in [4.78, 5) is 0. The van der Waals surface area contributed by atoms with Crippen molar-refractivity contribution < 1.29 is 14.6 Å². The van der Waals surface area contributed by atoms with Gasteiger partial charge in [0.1, 0.15) is 0 Å². The van der Waals surface area contributed by atoms with Crippen molar-refractivity contribution in [2.75, 3.05) is 7.11 Å². The Morgan fingerprint density at radius 3 is 2.67 bits per heavy atom. The van der Waals surface area contributed by atoms with Crippen molar-refractivity contribution >= 4 is 22.6 Å². The molecule has 0 unspecified atom stereocenters. The van der Waals surface area contributed by atoms with Crippen LogP contribution in [-0.2, 0) is 9.47 Å². The third kappa shape index (κ3) is 1.90. The molecule has 1 aliphatic heterocycles. The molecule has 0 aromatic rings. The van der Waals surface area contributed by atoms with Crippen molar-refractivity contribution in [3.05, 3.63) is 0 Å². The van der Waals surface area contributed by atoms with E-state index in [0.717, 1.165) is 0 Å². The molecule has 12 heavy (non-hydrogen) atoms. The largest absolute Gasteiger partial charge is 0.389 e. The Bertz CT molecular complexity index is 153. The second-order valence-electron chi connectivity index (χ2n) is 2.96. The van der Waals surface area contributed by atoms with Crippen LogP contribution in [-0.4, -0.2) is 40.7 Å². The highest BCUT2D eigenvalue weighted by Gasteiger charge is 2.40. The van der Waals surface area contributed by atoms with Gasteiger partial charge in [-0.3, -0.25) is 0 Å². The van der Waals surface area contributed by atoms with Crippen molar-refractivity contribution in [3.8, 4) is 0 Å². The van der Waals surface area contributed by atoms with Gasteiger partial charge >= 0.3 is 0 Å². The molecule has 0 aromatic carbocycles. The molecule has 1 aliphatic rings. The smallest absolute Gasteiger partial charge is 0.170 e. The van der Waals surface area contributed by atoms with E-state index in [4.69, 9.17) is 15.2 Å². The van der Waals surface area contributed by atoms with Gasteiger partial charge in [0, 0.05) is 13.2 Å². The lowest BCUT2D eigenvalue weighted by atomic mass is 10.0. The van der Waals surface area contributed by atoms with Crippen molar-refractivity contribution in [1.29, 1.82) is 0 Å². The highest BCUT2D eigenvalue weighted by molar-refractivity contribution is 14.1. The standard InChI is InChI=1S/C7H14INO3/c1-3-6(10)5(9)4(8)7(11-2)12-3/h3-7,10H,9H2,1-2H3/t3-,4+,5+,6-,7+/m0/s1. The Kier molecular flexibility index (Phi) is 3.72. The summed E-state index contributed by atoms with van der Waals surface area (Å²) in [5, 5.41) is 9.52. The van der Waals surface area contributed by atoms with E-state index >= 15 is 0 Å². The maximum Gasteiger partial charge on any atom is 0.170 e. The van der Waals surface area contributed by atoms with Crippen LogP contribution < -0.4 is 5.73 Å². The summed E-state index contributed by atoms with van der Waals surface area (Å²) in [7, 11) is 1.58. The minimum absolute atomic E-state index is 0.00111. The van der Waals surface area contributed by atoms with E-state index in [9.17, 15) is 5.11 Å². The topological polar surface area (TPSA) is 64.7 Å². The number of rotatable bonds is 1. The summed E-state index contributed by atoms with van der Waals surface area (Å²) in [6, 6.07) is -0.278. The molecule has 0 aliphatic carbocycles. The molecule has 1 heterocycles. The van der Waals surface area contributed by atoms with Crippen molar-refractivity contribution in [1.82, 2.24) is 0 Å². The fourth-order valence-corrected chi connectivity index (χ4v) is 2.12. The third-order valence-corrected chi connectivity index (χ3v) is 3.50. The molecule has 0 spiro atoms. The van der Waals surface area contributed by atoms with Crippen LogP contribution in [0.15, 0.2) is 0 Å². The monoisotopic (exact) mass is 287 g/mol. The van der Waals surface area contributed by atoms with Gasteiger partial charge in [0.25, 0.3) is 0 Å². The first-order valence-corrected chi connectivity index (χ1v) is 5.08. The molecule has 5 atom stereocenters. The molecule has 0 bridgehead atoms. The number of ether oxygens (including phenoxy) is 2. The van der Waals surface area contributed by atoms with E-state index in [0.29, 0.717) is 0 Å². The molecule has 4 nitrogen and oxygen atoms in total. The second-order valence-corrected chi connectivity index (χ2v) is 4.40. The molecule has 1 fully saturated rings. The van der Waals surface area contributed by atoms with Crippen LogP contribution in [0.2, 0.25) is 0 Å². The lowest BCUT2D eigenvalue weighted by molar-refractivity contribution is -0.204. The molecule has 72 valence electrons. The number of hydrogen-bond donors (Lipinski definition) is 2. The molecular formula is C7H14INO3. The summed E-state index contributed by atoms with van der Waals surface area (Å²) in [6.07, 6.45) is -1.16. The number of aliphatic hydroxyl groups excluding tert-OH is 1. The van der Waals surface area contributed by atoms with Crippen LogP contribution in [0.4, 0.5) is 0 Å². The maximum atomic E-state index is 9.52. The maximum absolute atomic E-state index is 9.52. The first-order valence-electron chi connectivity index (χ1n) is 3.84. The van der Waals surface area contributed by atoms with Gasteiger partial charge in [0.15, 0.2) is 6.29 Å². The highest BCUT2D eigenvalue weighted by atomic mass is 127. The number of halogens is 1. The summed E-state index contributed by atoms with van der Waals surface area (Å²) < 4.78 is 10.4. The van der Waals surface area contributed by atoms with E-state index in [1.807, 2.05) is 0 Å². The zero-order chi connectivity index (χ0) is 9.30. The van der Waals surface area contributed by atoms with E-state index in [1.165, 1.54) is 0 Å². The van der Waals surface area contributed by atoms with Gasteiger partial charge in [-0.1, -0.05) is 22.6 Å². The molecule has 0 radical (unpaired) electrons. The lowest BCUT2D eigenvalue weighted by Gasteiger charge is -2.39. The minimum Gasteiger partial charge on any atom is -0.389 e. The minimum atomic E-state index is -0.599. The summed E-state index contributed by atoms with van der Waals surface area (Å²) in [5.41, 5.74) is 5.76. The fraction of sp³-hybridized carbons (Fsp3) is 1.00. The molecule has 3 N–H and O–H groups in total. The summed E-state index contributed by atoms with van der Waals surface area (Å²) in [6.45, 7) is 1.79. The summed E-state index contributed by atoms with van der Waals surface area (Å²) in [5.74, 6) is 0. The highest BCUT2D eigenvalue weighted by Crippen LogP contribution is 2.25. The molecule has 0 amide bonds. The average Bonchev–Trinajstić information content (AvgIpc) is 2.08. The zero-order valence-electron chi connectivity index (χ0n) is 7.11. The number of methoxy groups -OCH3 is 1.